The Labute approximate surface area is 149 Å². The van der Waals surface area contributed by atoms with Crippen molar-refractivity contribution in [1.29, 1.82) is 0 Å². The molecule has 0 atom stereocenters. The van der Waals surface area contributed by atoms with Crippen molar-refractivity contribution >= 4 is 33.3 Å². The molecule has 1 aliphatic rings. The smallest absolute Gasteiger partial charge is 0.248 e. The van der Waals surface area contributed by atoms with Crippen LogP contribution in [0.25, 0.3) is 11.5 Å². The zero-order chi connectivity index (χ0) is 16.4. The highest BCUT2D eigenvalue weighted by Crippen LogP contribution is 2.30. The Morgan fingerprint density at radius 3 is 2.78 bits per heavy atom. The third-order valence-corrected chi connectivity index (χ3v) is 4.58. The predicted octanol–water partition coefficient (Wildman–Crippen LogP) is 3.75. The number of halogens is 1. The summed E-state index contributed by atoms with van der Waals surface area (Å²) < 4.78 is 6.77. The second-order valence-corrected chi connectivity index (χ2v) is 7.19. The molecule has 122 valence electrons. The molecule has 1 aliphatic carbocycles. The van der Waals surface area contributed by atoms with E-state index in [2.05, 4.69) is 50.2 Å². The van der Waals surface area contributed by atoms with Gasteiger partial charge in [-0.05, 0) is 67.0 Å². The number of nitrogens with zero attached hydrogens (tertiary/aromatic N) is 3. The SMILES string of the molecule is CC(C)NC(=S)N(Cc1nnc(-c2ccccc2Br)o1)C1CC1. The van der Waals surface area contributed by atoms with Gasteiger partial charge in [0, 0.05) is 16.6 Å². The van der Waals surface area contributed by atoms with Crippen LogP contribution in [-0.2, 0) is 6.54 Å². The van der Waals surface area contributed by atoms with Crippen molar-refractivity contribution in [1.82, 2.24) is 20.4 Å². The summed E-state index contributed by atoms with van der Waals surface area (Å²) >= 11 is 9.01. The van der Waals surface area contributed by atoms with E-state index in [0.717, 1.165) is 28.0 Å². The van der Waals surface area contributed by atoms with Crippen LogP contribution >= 0.6 is 28.1 Å². The van der Waals surface area contributed by atoms with Crippen LogP contribution in [0, 0.1) is 0 Å². The zero-order valence-corrected chi connectivity index (χ0v) is 15.5. The van der Waals surface area contributed by atoms with Crippen LogP contribution in [0.3, 0.4) is 0 Å². The summed E-state index contributed by atoms with van der Waals surface area (Å²) in [6, 6.07) is 8.59. The molecule has 0 radical (unpaired) electrons. The first-order valence-corrected chi connectivity index (χ1v) is 8.89. The van der Waals surface area contributed by atoms with Crippen LogP contribution in [0.4, 0.5) is 0 Å². The van der Waals surface area contributed by atoms with Gasteiger partial charge < -0.3 is 14.6 Å². The average Bonchev–Trinajstić information content (AvgIpc) is 3.23. The summed E-state index contributed by atoms with van der Waals surface area (Å²) in [7, 11) is 0. The number of hydrogen-bond acceptors (Lipinski definition) is 4. The van der Waals surface area contributed by atoms with Gasteiger partial charge in [-0.2, -0.15) is 0 Å². The van der Waals surface area contributed by atoms with E-state index in [1.807, 2.05) is 24.3 Å². The molecule has 0 bridgehead atoms. The molecule has 23 heavy (non-hydrogen) atoms. The minimum Gasteiger partial charge on any atom is -0.419 e. The third-order valence-electron chi connectivity index (χ3n) is 3.54. The summed E-state index contributed by atoms with van der Waals surface area (Å²) in [6.45, 7) is 4.70. The number of rotatable bonds is 5. The van der Waals surface area contributed by atoms with Crippen LogP contribution in [0.2, 0.25) is 0 Å². The van der Waals surface area contributed by atoms with Crippen LogP contribution in [0.5, 0.6) is 0 Å². The molecule has 1 aromatic carbocycles. The van der Waals surface area contributed by atoms with Gasteiger partial charge >= 0.3 is 0 Å². The Morgan fingerprint density at radius 1 is 1.39 bits per heavy atom. The molecule has 2 aromatic rings. The number of nitrogens with one attached hydrogen (secondary N) is 1. The lowest BCUT2D eigenvalue weighted by molar-refractivity contribution is 0.340. The lowest BCUT2D eigenvalue weighted by atomic mass is 10.2. The number of thiocarbonyl (C=S) groups is 1. The van der Waals surface area contributed by atoms with Crippen molar-refractivity contribution < 1.29 is 4.42 Å². The number of aromatic nitrogens is 2. The molecule has 0 spiro atoms. The predicted molar refractivity (Wildman–Crippen MR) is 96.9 cm³/mol. The van der Waals surface area contributed by atoms with Crippen molar-refractivity contribution in [3.8, 4) is 11.5 Å². The quantitative estimate of drug-likeness (QED) is 0.779. The molecule has 0 aliphatic heterocycles. The maximum atomic E-state index is 5.83. The van der Waals surface area contributed by atoms with Gasteiger partial charge in [-0.25, -0.2) is 0 Å². The molecule has 0 saturated heterocycles. The molecule has 1 heterocycles. The molecule has 1 N–H and O–H groups in total. The normalized spacial score (nSPS) is 14.1. The molecule has 1 fully saturated rings. The Balaban J connectivity index is 1.75. The van der Waals surface area contributed by atoms with Crippen molar-refractivity contribution in [3.05, 3.63) is 34.6 Å². The van der Waals surface area contributed by atoms with Crippen LogP contribution in [0.1, 0.15) is 32.6 Å². The maximum absolute atomic E-state index is 5.83. The molecule has 7 heteroatoms. The monoisotopic (exact) mass is 394 g/mol. The Bertz CT molecular complexity index is 699. The van der Waals surface area contributed by atoms with Gasteiger partial charge in [0.15, 0.2) is 5.11 Å². The van der Waals surface area contributed by atoms with E-state index in [4.69, 9.17) is 16.6 Å². The highest BCUT2D eigenvalue weighted by atomic mass is 79.9. The summed E-state index contributed by atoms with van der Waals surface area (Å²) in [5.41, 5.74) is 0.895. The average molecular weight is 395 g/mol. The summed E-state index contributed by atoms with van der Waals surface area (Å²) in [4.78, 5) is 2.15. The Morgan fingerprint density at radius 2 is 2.13 bits per heavy atom. The van der Waals surface area contributed by atoms with E-state index in [1.54, 1.807) is 0 Å². The fourth-order valence-electron chi connectivity index (χ4n) is 2.29. The highest BCUT2D eigenvalue weighted by Gasteiger charge is 2.32. The highest BCUT2D eigenvalue weighted by molar-refractivity contribution is 9.10. The summed E-state index contributed by atoms with van der Waals surface area (Å²) in [6.07, 6.45) is 2.32. The zero-order valence-electron chi connectivity index (χ0n) is 13.1. The summed E-state index contributed by atoms with van der Waals surface area (Å²) in [5.74, 6) is 1.10. The first-order chi connectivity index (χ1) is 11.0. The van der Waals surface area contributed by atoms with Gasteiger partial charge in [0.05, 0.1) is 12.1 Å². The summed E-state index contributed by atoms with van der Waals surface area (Å²) in [5, 5.41) is 12.4. The second kappa shape index (κ2) is 6.97. The molecule has 1 saturated carbocycles. The van der Waals surface area contributed by atoms with Crippen molar-refractivity contribution in [3.63, 3.8) is 0 Å². The van der Waals surface area contributed by atoms with E-state index in [1.165, 1.54) is 0 Å². The molecular weight excluding hydrogens is 376 g/mol. The van der Waals surface area contributed by atoms with Crippen molar-refractivity contribution in [2.45, 2.75) is 45.3 Å². The minimum absolute atomic E-state index is 0.308. The standard InChI is InChI=1S/C16H19BrN4OS/c1-10(2)18-16(23)21(11-7-8-11)9-14-19-20-15(22-14)12-5-3-4-6-13(12)17/h3-6,10-11H,7-9H2,1-2H3,(H,18,23). The Kier molecular flexibility index (Phi) is 4.96. The maximum Gasteiger partial charge on any atom is 0.248 e. The van der Waals surface area contributed by atoms with E-state index in [9.17, 15) is 0 Å². The van der Waals surface area contributed by atoms with Gasteiger partial charge in [-0.1, -0.05) is 12.1 Å². The van der Waals surface area contributed by atoms with Crippen molar-refractivity contribution in [2.24, 2.45) is 0 Å². The van der Waals surface area contributed by atoms with E-state index >= 15 is 0 Å². The topological polar surface area (TPSA) is 54.2 Å². The molecule has 0 amide bonds. The van der Waals surface area contributed by atoms with Crippen molar-refractivity contribution in [2.75, 3.05) is 0 Å². The van der Waals surface area contributed by atoms with Gasteiger partial charge in [0.2, 0.25) is 11.8 Å². The number of benzene rings is 1. The van der Waals surface area contributed by atoms with Gasteiger partial charge in [-0.3, -0.25) is 0 Å². The van der Waals surface area contributed by atoms with E-state index < -0.39 is 0 Å². The lowest BCUT2D eigenvalue weighted by Gasteiger charge is -2.25. The van der Waals surface area contributed by atoms with E-state index in [0.29, 0.717) is 30.4 Å². The molecular formula is C16H19BrN4OS. The molecule has 0 unspecified atom stereocenters. The molecule has 5 nitrogen and oxygen atoms in total. The van der Waals surface area contributed by atoms with Gasteiger partial charge in [0.25, 0.3) is 0 Å². The second-order valence-electron chi connectivity index (χ2n) is 5.94. The third kappa shape index (κ3) is 4.09. The number of hydrogen-bond donors (Lipinski definition) is 1. The Hall–Kier alpha value is -1.47. The van der Waals surface area contributed by atoms with E-state index in [-0.39, 0.29) is 0 Å². The minimum atomic E-state index is 0.308. The largest absolute Gasteiger partial charge is 0.419 e. The lowest BCUT2D eigenvalue weighted by Crippen LogP contribution is -2.43. The first-order valence-electron chi connectivity index (χ1n) is 7.69. The molecule has 1 aromatic heterocycles. The van der Waals surface area contributed by atoms with Crippen LogP contribution in [-0.4, -0.2) is 32.3 Å². The van der Waals surface area contributed by atoms with Gasteiger partial charge in [0.1, 0.15) is 0 Å². The first kappa shape index (κ1) is 16.4. The molecule has 3 rings (SSSR count). The fourth-order valence-corrected chi connectivity index (χ4v) is 3.19. The van der Waals surface area contributed by atoms with Crippen LogP contribution < -0.4 is 5.32 Å². The van der Waals surface area contributed by atoms with Gasteiger partial charge in [-0.15, -0.1) is 10.2 Å². The fraction of sp³-hybridized carbons (Fsp3) is 0.438. The van der Waals surface area contributed by atoms with Crippen LogP contribution in [0.15, 0.2) is 33.2 Å².